The van der Waals surface area contributed by atoms with E-state index in [-0.39, 0.29) is 11.8 Å². The van der Waals surface area contributed by atoms with Crippen LogP contribution in [0.1, 0.15) is 28.8 Å². The second-order valence-corrected chi connectivity index (χ2v) is 7.35. The van der Waals surface area contributed by atoms with Crippen molar-refractivity contribution in [3.8, 4) is 5.75 Å². The molecular formula is C21H20ClN3O3. The Bertz CT molecular complexity index is 948. The number of nitrogens with one attached hydrogen (secondary N) is 1. The molecule has 0 unspecified atom stereocenters. The van der Waals surface area contributed by atoms with Crippen molar-refractivity contribution in [1.82, 2.24) is 10.2 Å². The van der Waals surface area contributed by atoms with Crippen molar-refractivity contribution in [3.63, 3.8) is 0 Å². The first-order chi connectivity index (χ1) is 13.5. The van der Waals surface area contributed by atoms with Gasteiger partial charge < -0.3 is 15.0 Å². The molecular weight excluding hydrogens is 378 g/mol. The van der Waals surface area contributed by atoms with Crippen LogP contribution >= 0.6 is 11.6 Å². The van der Waals surface area contributed by atoms with Crippen LogP contribution < -0.4 is 10.1 Å². The van der Waals surface area contributed by atoms with Gasteiger partial charge in [-0.05, 0) is 36.4 Å². The monoisotopic (exact) mass is 397 g/mol. The predicted octanol–water partition coefficient (Wildman–Crippen LogP) is 2.90. The van der Waals surface area contributed by atoms with Crippen LogP contribution in [0.2, 0.25) is 5.02 Å². The molecule has 6 nitrogen and oxygen atoms in total. The largest absolute Gasteiger partial charge is 0.497 e. The third-order valence-corrected chi connectivity index (χ3v) is 5.56. The number of piperidine rings is 1. The fourth-order valence-corrected chi connectivity index (χ4v) is 3.85. The van der Waals surface area contributed by atoms with Crippen LogP contribution in [0, 0.1) is 0 Å². The third-order valence-electron chi connectivity index (χ3n) is 5.23. The fourth-order valence-electron chi connectivity index (χ4n) is 3.63. The minimum absolute atomic E-state index is 0.0934. The van der Waals surface area contributed by atoms with E-state index in [1.807, 2.05) is 12.1 Å². The maximum atomic E-state index is 12.7. The third kappa shape index (κ3) is 3.36. The Morgan fingerprint density at radius 2 is 1.82 bits per heavy atom. The highest BCUT2D eigenvalue weighted by Crippen LogP contribution is 2.30. The van der Waals surface area contributed by atoms with E-state index in [4.69, 9.17) is 21.3 Å². The minimum Gasteiger partial charge on any atom is -0.497 e. The summed E-state index contributed by atoms with van der Waals surface area (Å²) in [5.74, 6) is 0.448. The molecule has 0 saturated carbocycles. The molecule has 1 fully saturated rings. The van der Waals surface area contributed by atoms with Crippen LogP contribution in [0.15, 0.2) is 53.5 Å². The predicted molar refractivity (Wildman–Crippen MR) is 107 cm³/mol. The molecule has 4 rings (SSSR count). The summed E-state index contributed by atoms with van der Waals surface area (Å²) in [6, 6.07) is 14.3. The van der Waals surface area contributed by atoms with Crippen molar-refractivity contribution in [2.75, 3.05) is 20.2 Å². The van der Waals surface area contributed by atoms with Gasteiger partial charge in [-0.3, -0.25) is 14.6 Å². The average Bonchev–Trinajstić information content (AvgIpc) is 3.04. The molecule has 2 aromatic carbocycles. The van der Waals surface area contributed by atoms with Crippen LogP contribution in [-0.4, -0.2) is 48.3 Å². The number of hydrogen-bond donors (Lipinski definition) is 1. The van der Waals surface area contributed by atoms with E-state index >= 15 is 0 Å². The Balaban J connectivity index is 1.49. The second kappa shape index (κ2) is 7.28. The summed E-state index contributed by atoms with van der Waals surface area (Å²) in [6.07, 6.45) is 1.13. The Morgan fingerprint density at radius 1 is 1.14 bits per heavy atom. The molecule has 1 saturated heterocycles. The number of benzene rings is 2. The Hall–Kier alpha value is -2.86. The number of halogens is 1. The zero-order chi connectivity index (χ0) is 19.7. The highest BCUT2D eigenvalue weighted by molar-refractivity contribution is 6.46. The van der Waals surface area contributed by atoms with Crippen LogP contribution in [0.4, 0.5) is 0 Å². The van der Waals surface area contributed by atoms with Gasteiger partial charge in [0, 0.05) is 31.5 Å². The fraction of sp³-hybridized carbons (Fsp3) is 0.286. The van der Waals surface area contributed by atoms with Crippen molar-refractivity contribution in [3.05, 3.63) is 64.7 Å². The molecule has 2 aliphatic heterocycles. The lowest BCUT2D eigenvalue weighted by Crippen LogP contribution is -2.52. The van der Waals surface area contributed by atoms with E-state index in [1.165, 1.54) is 0 Å². The van der Waals surface area contributed by atoms with Gasteiger partial charge in [0.15, 0.2) is 0 Å². The van der Waals surface area contributed by atoms with E-state index in [0.717, 1.165) is 11.3 Å². The van der Waals surface area contributed by atoms with Gasteiger partial charge in [-0.2, -0.15) is 0 Å². The first kappa shape index (κ1) is 18.5. The van der Waals surface area contributed by atoms with Gasteiger partial charge in [-0.1, -0.05) is 23.7 Å². The summed E-state index contributed by atoms with van der Waals surface area (Å²) in [5, 5.41) is 3.47. The van der Waals surface area contributed by atoms with Crippen LogP contribution in [0.5, 0.6) is 5.75 Å². The van der Waals surface area contributed by atoms with Crippen LogP contribution in [-0.2, 0) is 4.79 Å². The quantitative estimate of drug-likeness (QED) is 0.865. The highest BCUT2D eigenvalue weighted by atomic mass is 35.5. The summed E-state index contributed by atoms with van der Waals surface area (Å²) in [5.41, 5.74) is 1.03. The molecule has 2 heterocycles. The summed E-state index contributed by atoms with van der Waals surface area (Å²) < 4.78 is 5.16. The van der Waals surface area contributed by atoms with Gasteiger partial charge in [0.05, 0.1) is 17.7 Å². The molecule has 2 aromatic rings. The number of likely N-dealkylation sites (tertiary alicyclic amines) is 1. The lowest BCUT2D eigenvalue weighted by Gasteiger charge is -2.37. The normalized spacial score (nSPS) is 18.0. The number of aliphatic imine (C=N–C) groups is 1. The molecule has 0 aliphatic carbocycles. The van der Waals surface area contributed by atoms with Gasteiger partial charge in [-0.25, -0.2) is 0 Å². The van der Waals surface area contributed by atoms with E-state index < -0.39 is 5.66 Å². The van der Waals surface area contributed by atoms with Gasteiger partial charge in [0.2, 0.25) is 0 Å². The molecule has 1 N–H and O–H groups in total. The zero-order valence-corrected chi connectivity index (χ0v) is 16.2. The molecule has 0 bridgehead atoms. The maximum Gasteiger partial charge on any atom is 0.272 e. The molecule has 144 valence electrons. The van der Waals surface area contributed by atoms with Gasteiger partial charge in [-0.15, -0.1) is 0 Å². The molecule has 1 spiro atoms. The number of carbonyl (C=O) groups excluding carboxylic acids is 2. The number of nitrogens with zero attached hydrogens (tertiary/aromatic N) is 2. The van der Waals surface area contributed by atoms with E-state index in [0.29, 0.717) is 42.2 Å². The van der Waals surface area contributed by atoms with Crippen molar-refractivity contribution in [1.29, 1.82) is 0 Å². The molecule has 0 atom stereocenters. The number of amides is 2. The Kier molecular flexibility index (Phi) is 4.81. The molecule has 0 radical (unpaired) electrons. The van der Waals surface area contributed by atoms with E-state index in [9.17, 15) is 9.59 Å². The van der Waals surface area contributed by atoms with Crippen molar-refractivity contribution >= 4 is 29.1 Å². The minimum atomic E-state index is -0.649. The van der Waals surface area contributed by atoms with Crippen molar-refractivity contribution in [2.24, 2.45) is 4.99 Å². The highest BCUT2D eigenvalue weighted by Gasteiger charge is 2.43. The first-order valence-electron chi connectivity index (χ1n) is 9.12. The Labute approximate surface area is 168 Å². The van der Waals surface area contributed by atoms with Gasteiger partial charge >= 0.3 is 0 Å². The summed E-state index contributed by atoms with van der Waals surface area (Å²) in [4.78, 5) is 31.7. The lowest BCUT2D eigenvalue weighted by molar-refractivity contribution is -0.115. The summed E-state index contributed by atoms with van der Waals surface area (Å²) >= 11 is 6.15. The zero-order valence-electron chi connectivity index (χ0n) is 15.4. The first-order valence-corrected chi connectivity index (χ1v) is 9.50. The maximum absolute atomic E-state index is 12.7. The number of rotatable bonds is 3. The molecule has 28 heavy (non-hydrogen) atoms. The molecule has 2 amide bonds. The van der Waals surface area contributed by atoms with Crippen molar-refractivity contribution < 1.29 is 14.3 Å². The average molecular weight is 398 g/mol. The lowest BCUT2D eigenvalue weighted by atomic mass is 9.97. The SMILES string of the molecule is COc1ccc(C2=NC3(CCN(C(=O)c4ccccc4Cl)CC3)NC2=O)cc1. The van der Waals surface area contributed by atoms with E-state index in [2.05, 4.69) is 5.32 Å². The van der Waals surface area contributed by atoms with Crippen LogP contribution in [0.3, 0.4) is 0 Å². The van der Waals surface area contributed by atoms with Crippen molar-refractivity contribution in [2.45, 2.75) is 18.5 Å². The Morgan fingerprint density at radius 3 is 2.46 bits per heavy atom. The van der Waals surface area contributed by atoms with Gasteiger partial charge in [0.1, 0.15) is 17.1 Å². The summed E-state index contributed by atoms with van der Waals surface area (Å²) in [7, 11) is 1.60. The standard InChI is InChI=1S/C21H20ClN3O3/c1-28-15-8-6-14(7-9-15)18-19(26)24-21(23-18)10-12-25(13-11-21)20(27)16-4-2-3-5-17(16)22/h2-9H,10-13H2,1H3,(H,24,26). The number of ether oxygens (including phenoxy) is 1. The molecule has 0 aromatic heterocycles. The second-order valence-electron chi connectivity index (χ2n) is 6.95. The van der Waals surface area contributed by atoms with Crippen LogP contribution in [0.25, 0.3) is 0 Å². The smallest absolute Gasteiger partial charge is 0.272 e. The molecule has 2 aliphatic rings. The van der Waals surface area contributed by atoms with Gasteiger partial charge in [0.25, 0.3) is 11.8 Å². The van der Waals surface area contributed by atoms with E-state index in [1.54, 1.807) is 48.4 Å². The summed E-state index contributed by atoms with van der Waals surface area (Å²) in [6.45, 7) is 1.01. The molecule has 7 heteroatoms. The number of hydrogen-bond acceptors (Lipinski definition) is 4. The number of methoxy groups -OCH3 is 1. The topological polar surface area (TPSA) is 71.0 Å². The number of carbonyl (C=O) groups is 2.